The Labute approximate surface area is 183 Å². The van der Waals surface area contributed by atoms with Crippen molar-refractivity contribution in [2.24, 2.45) is 7.05 Å². The van der Waals surface area contributed by atoms with Gasteiger partial charge in [0.25, 0.3) is 0 Å². The Morgan fingerprint density at radius 1 is 0.938 bits per heavy atom. The first-order valence-electron chi connectivity index (χ1n) is 9.73. The summed E-state index contributed by atoms with van der Waals surface area (Å²) in [5, 5.41) is 5.88. The number of hydrogen-bond acceptors (Lipinski definition) is 6. The zero-order valence-electron chi connectivity index (χ0n) is 17.4. The molecule has 0 aliphatic rings. The van der Waals surface area contributed by atoms with Crippen molar-refractivity contribution in [1.82, 2.24) is 14.5 Å². The molecule has 0 saturated heterocycles. The third-order valence-electron chi connectivity index (χ3n) is 4.96. The van der Waals surface area contributed by atoms with Crippen molar-refractivity contribution < 1.29 is 14.4 Å². The molecule has 4 N–H and O–H groups in total. The van der Waals surface area contributed by atoms with Crippen LogP contribution in [0.3, 0.4) is 0 Å². The molecule has 160 valence electrons. The normalized spacial score (nSPS) is 10.7. The predicted octanol–water partition coefficient (Wildman–Crippen LogP) is 3.63. The van der Waals surface area contributed by atoms with E-state index in [4.69, 9.17) is 5.73 Å². The second-order valence-electron chi connectivity index (χ2n) is 7.23. The highest BCUT2D eigenvalue weighted by atomic mass is 16.2. The topological polar surface area (TPSA) is 132 Å². The van der Waals surface area contributed by atoms with Gasteiger partial charge in [0.1, 0.15) is 17.8 Å². The number of carbonyl (C=O) groups is 3. The number of rotatable bonds is 5. The van der Waals surface area contributed by atoms with Gasteiger partial charge in [0.2, 0.25) is 0 Å². The number of fused-ring (bicyclic) bond motifs is 1. The number of ketones is 2. The van der Waals surface area contributed by atoms with Crippen LogP contribution in [-0.2, 0) is 7.05 Å². The third-order valence-corrected chi connectivity index (χ3v) is 4.96. The van der Waals surface area contributed by atoms with E-state index in [2.05, 4.69) is 20.6 Å². The van der Waals surface area contributed by atoms with Crippen molar-refractivity contribution in [3.05, 3.63) is 77.7 Å². The fraction of sp³-hybridized carbons (Fsp3) is 0.0870. The van der Waals surface area contributed by atoms with Crippen LogP contribution in [0.2, 0.25) is 0 Å². The van der Waals surface area contributed by atoms with E-state index in [0.29, 0.717) is 39.1 Å². The molecule has 4 rings (SSSR count). The fourth-order valence-corrected chi connectivity index (χ4v) is 3.38. The second-order valence-corrected chi connectivity index (χ2v) is 7.23. The number of anilines is 3. The lowest BCUT2D eigenvalue weighted by Gasteiger charge is -2.09. The lowest BCUT2D eigenvalue weighted by Crippen LogP contribution is -2.19. The summed E-state index contributed by atoms with van der Waals surface area (Å²) in [6.07, 6.45) is 3.01. The summed E-state index contributed by atoms with van der Waals surface area (Å²) < 4.78 is 1.72. The molecule has 0 aliphatic heterocycles. The van der Waals surface area contributed by atoms with E-state index in [1.807, 2.05) is 0 Å². The fourth-order valence-electron chi connectivity index (χ4n) is 3.38. The second kappa shape index (κ2) is 8.31. The molecule has 9 nitrogen and oxygen atoms in total. The zero-order chi connectivity index (χ0) is 22.8. The molecule has 0 radical (unpaired) electrons. The average Bonchev–Trinajstić information content (AvgIpc) is 3.11. The number of hydrogen-bond donors (Lipinski definition) is 3. The van der Waals surface area contributed by atoms with Gasteiger partial charge < -0.3 is 20.9 Å². The van der Waals surface area contributed by atoms with Crippen LogP contribution < -0.4 is 16.4 Å². The molecule has 2 aromatic carbocycles. The predicted molar refractivity (Wildman–Crippen MR) is 122 cm³/mol. The maximum Gasteiger partial charge on any atom is 0.323 e. The number of Topliss-reactive ketones (excluding diaryl/α,β-unsaturated/α-hetero) is 1. The number of nitrogens with zero attached hydrogens (tertiary/aromatic N) is 3. The summed E-state index contributed by atoms with van der Waals surface area (Å²) in [5.41, 5.74) is 8.84. The van der Waals surface area contributed by atoms with Gasteiger partial charge in [-0.05, 0) is 43.3 Å². The molecule has 2 aromatic heterocycles. The van der Waals surface area contributed by atoms with E-state index in [9.17, 15) is 14.4 Å². The zero-order valence-corrected chi connectivity index (χ0v) is 17.4. The van der Waals surface area contributed by atoms with Crippen LogP contribution in [0.5, 0.6) is 0 Å². The van der Waals surface area contributed by atoms with Gasteiger partial charge in [0, 0.05) is 35.7 Å². The van der Waals surface area contributed by atoms with Crippen molar-refractivity contribution in [2.45, 2.75) is 6.92 Å². The SMILES string of the molecule is CC(=O)c1ccc(NC(=O)Nc2cccc(C(=O)c3cn(C)c4ncnc(N)c34)c2)cc1. The third kappa shape index (κ3) is 4.04. The largest absolute Gasteiger partial charge is 0.383 e. The summed E-state index contributed by atoms with van der Waals surface area (Å²) in [6.45, 7) is 1.48. The quantitative estimate of drug-likeness (QED) is 0.416. The van der Waals surface area contributed by atoms with Crippen molar-refractivity contribution in [3.8, 4) is 0 Å². The van der Waals surface area contributed by atoms with Crippen LogP contribution in [0, 0.1) is 0 Å². The number of urea groups is 1. The van der Waals surface area contributed by atoms with Crippen LogP contribution in [-0.4, -0.2) is 32.1 Å². The molecule has 32 heavy (non-hydrogen) atoms. The number of nitrogens with one attached hydrogen (secondary N) is 2. The Morgan fingerprint density at radius 2 is 1.66 bits per heavy atom. The highest BCUT2D eigenvalue weighted by Crippen LogP contribution is 2.26. The Hall–Kier alpha value is -4.53. The van der Waals surface area contributed by atoms with Crippen LogP contribution in [0.25, 0.3) is 11.0 Å². The summed E-state index contributed by atoms with van der Waals surface area (Å²) in [5.74, 6) is -0.0913. The number of nitrogens with two attached hydrogens (primary N) is 1. The van der Waals surface area contributed by atoms with Crippen molar-refractivity contribution >= 4 is 45.8 Å². The van der Waals surface area contributed by atoms with Gasteiger partial charge >= 0.3 is 6.03 Å². The number of aryl methyl sites for hydroxylation is 1. The van der Waals surface area contributed by atoms with Crippen LogP contribution in [0.15, 0.2) is 61.1 Å². The van der Waals surface area contributed by atoms with E-state index in [0.717, 1.165) is 0 Å². The summed E-state index contributed by atoms with van der Waals surface area (Å²) in [6, 6.07) is 12.7. The lowest BCUT2D eigenvalue weighted by atomic mass is 10.0. The molecular weight excluding hydrogens is 408 g/mol. The lowest BCUT2D eigenvalue weighted by molar-refractivity contribution is 0.101. The van der Waals surface area contributed by atoms with Crippen molar-refractivity contribution in [3.63, 3.8) is 0 Å². The van der Waals surface area contributed by atoms with E-state index < -0.39 is 6.03 Å². The summed E-state index contributed by atoms with van der Waals surface area (Å²) in [4.78, 5) is 45.1. The van der Waals surface area contributed by atoms with Crippen LogP contribution >= 0.6 is 0 Å². The molecule has 2 amide bonds. The van der Waals surface area contributed by atoms with E-state index >= 15 is 0 Å². The van der Waals surface area contributed by atoms with Gasteiger partial charge in [-0.3, -0.25) is 9.59 Å². The highest BCUT2D eigenvalue weighted by molar-refractivity contribution is 6.18. The molecular formula is C23H20N6O3. The molecule has 0 saturated carbocycles. The first-order chi connectivity index (χ1) is 15.3. The first kappa shape index (κ1) is 20.7. The number of amides is 2. The molecule has 0 unspecified atom stereocenters. The summed E-state index contributed by atoms with van der Waals surface area (Å²) in [7, 11) is 1.77. The molecule has 4 aromatic rings. The monoisotopic (exact) mass is 428 g/mol. The van der Waals surface area contributed by atoms with Gasteiger partial charge in [0.15, 0.2) is 11.6 Å². The molecule has 0 spiro atoms. The van der Waals surface area contributed by atoms with Gasteiger partial charge in [0.05, 0.1) is 10.9 Å². The van der Waals surface area contributed by atoms with Crippen molar-refractivity contribution in [2.75, 3.05) is 16.4 Å². The molecule has 0 fully saturated rings. The minimum Gasteiger partial charge on any atom is -0.383 e. The van der Waals surface area contributed by atoms with Crippen LogP contribution in [0.1, 0.15) is 33.2 Å². The molecule has 9 heteroatoms. The minimum atomic E-state index is -0.479. The molecule has 0 bridgehead atoms. The van der Waals surface area contributed by atoms with Crippen molar-refractivity contribution in [1.29, 1.82) is 0 Å². The standard InChI is InChI=1S/C23H20N6O3/c1-13(30)14-6-8-16(9-7-14)27-23(32)28-17-5-3-4-15(10-17)20(31)18-11-29(2)22-19(18)21(24)25-12-26-22/h3-12H,1-2H3,(H2,24,25,26)(H2,27,28,32). The van der Waals surface area contributed by atoms with Gasteiger partial charge in [-0.2, -0.15) is 0 Å². The molecule has 2 heterocycles. The maximum atomic E-state index is 13.2. The molecule has 0 atom stereocenters. The van der Waals surface area contributed by atoms with Gasteiger partial charge in [-0.1, -0.05) is 12.1 Å². The average molecular weight is 428 g/mol. The number of benzene rings is 2. The number of nitrogen functional groups attached to an aromatic ring is 1. The Bertz CT molecular complexity index is 1360. The van der Waals surface area contributed by atoms with Crippen LogP contribution in [0.4, 0.5) is 22.0 Å². The Kier molecular flexibility index (Phi) is 5.38. The van der Waals surface area contributed by atoms with E-state index in [1.54, 1.807) is 66.3 Å². The highest BCUT2D eigenvalue weighted by Gasteiger charge is 2.19. The maximum absolute atomic E-state index is 13.2. The minimum absolute atomic E-state index is 0.0537. The van der Waals surface area contributed by atoms with Gasteiger partial charge in [-0.15, -0.1) is 0 Å². The van der Waals surface area contributed by atoms with E-state index in [-0.39, 0.29) is 17.4 Å². The smallest absolute Gasteiger partial charge is 0.323 e. The number of aromatic nitrogens is 3. The first-order valence-corrected chi connectivity index (χ1v) is 9.73. The summed E-state index contributed by atoms with van der Waals surface area (Å²) >= 11 is 0. The molecule has 0 aliphatic carbocycles. The Balaban J connectivity index is 1.53. The number of carbonyl (C=O) groups excluding carboxylic acids is 3. The van der Waals surface area contributed by atoms with E-state index in [1.165, 1.54) is 13.3 Å². The van der Waals surface area contributed by atoms with Gasteiger partial charge in [-0.25, -0.2) is 14.8 Å². The Morgan fingerprint density at radius 3 is 2.38 bits per heavy atom.